The molecule has 1 aliphatic rings. The van der Waals surface area contributed by atoms with Crippen LogP contribution in [0.15, 0.2) is 12.1 Å². The van der Waals surface area contributed by atoms with Crippen LogP contribution in [0.1, 0.15) is 12.1 Å². The number of ether oxygens (including phenoxy) is 2. The fourth-order valence-corrected chi connectivity index (χ4v) is 1.45. The Balaban J connectivity index is 2.08. The van der Waals surface area contributed by atoms with E-state index in [1.54, 1.807) is 0 Å². The molecule has 1 atom stereocenters. The number of nitrogens with two attached hydrogens (primary N) is 1. The molecular weight excluding hydrogens is 180 g/mol. The van der Waals surface area contributed by atoms with E-state index < -0.39 is 0 Å². The van der Waals surface area contributed by atoms with Crippen molar-refractivity contribution in [3.05, 3.63) is 17.8 Å². The first-order valence-electron chi connectivity index (χ1n) is 4.73. The third-order valence-corrected chi connectivity index (χ3v) is 2.21. The quantitative estimate of drug-likeness (QED) is 0.767. The van der Waals surface area contributed by atoms with E-state index in [1.165, 1.54) is 0 Å². The van der Waals surface area contributed by atoms with E-state index in [2.05, 4.69) is 4.98 Å². The standard InChI is InChI=1S/C10H14N2O2/c1-7-2-3-9(10(11)12-7)14-8-4-5-13-6-8/h2-3,8H,4-6H2,1H3,(H2,11,12). The summed E-state index contributed by atoms with van der Waals surface area (Å²) in [5, 5.41) is 0. The predicted octanol–water partition coefficient (Wildman–Crippen LogP) is 1.14. The van der Waals surface area contributed by atoms with Crippen molar-refractivity contribution in [2.45, 2.75) is 19.4 Å². The SMILES string of the molecule is Cc1ccc(OC2CCOC2)c(N)n1. The van der Waals surface area contributed by atoms with Crippen molar-refractivity contribution in [3.63, 3.8) is 0 Å². The number of nitrogen functional groups attached to an aromatic ring is 1. The van der Waals surface area contributed by atoms with Crippen LogP contribution < -0.4 is 10.5 Å². The summed E-state index contributed by atoms with van der Waals surface area (Å²) in [6.07, 6.45) is 1.05. The lowest BCUT2D eigenvalue weighted by Gasteiger charge is -2.13. The molecular formula is C10H14N2O2. The number of pyridine rings is 1. The van der Waals surface area contributed by atoms with Crippen molar-refractivity contribution in [1.82, 2.24) is 4.98 Å². The average Bonchev–Trinajstić information content (AvgIpc) is 2.62. The van der Waals surface area contributed by atoms with Crippen LogP contribution in [0.4, 0.5) is 5.82 Å². The van der Waals surface area contributed by atoms with Crippen LogP contribution in [0.5, 0.6) is 5.75 Å². The zero-order chi connectivity index (χ0) is 9.97. The number of aryl methyl sites for hydroxylation is 1. The van der Waals surface area contributed by atoms with Gasteiger partial charge in [-0.15, -0.1) is 0 Å². The summed E-state index contributed by atoms with van der Waals surface area (Å²) < 4.78 is 10.9. The van der Waals surface area contributed by atoms with Gasteiger partial charge in [0.25, 0.3) is 0 Å². The molecule has 1 saturated heterocycles. The molecule has 1 aliphatic heterocycles. The van der Waals surface area contributed by atoms with E-state index in [4.69, 9.17) is 15.2 Å². The van der Waals surface area contributed by atoms with E-state index in [0.717, 1.165) is 18.7 Å². The summed E-state index contributed by atoms with van der Waals surface area (Å²) in [6, 6.07) is 3.75. The van der Waals surface area contributed by atoms with Crippen LogP contribution in [-0.4, -0.2) is 24.3 Å². The van der Waals surface area contributed by atoms with Gasteiger partial charge in [-0.3, -0.25) is 0 Å². The molecule has 2 heterocycles. The molecule has 0 saturated carbocycles. The number of aromatic nitrogens is 1. The minimum Gasteiger partial charge on any atom is -0.484 e. The highest BCUT2D eigenvalue weighted by Gasteiger charge is 2.18. The number of nitrogens with zero attached hydrogens (tertiary/aromatic N) is 1. The lowest BCUT2D eigenvalue weighted by atomic mass is 10.3. The van der Waals surface area contributed by atoms with Gasteiger partial charge in [-0.25, -0.2) is 4.98 Å². The van der Waals surface area contributed by atoms with E-state index in [-0.39, 0.29) is 6.10 Å². The van der Waals surface area contributed by atoms with Gasteiger partial charge in [0.2, 0.25) is 0 Å². The van der Waals surface area contributed by atoms with E-state index in [9.17, 15) is 0 Å². The average molecular weight is 194 g/mol. The zero-order valence-electron chi connectivity index (χ0n) is 8.19. The van der Waals surface area contributed by atoms with E-state index in [1.807, 2.05) is 19.1 Å². The van der Waals surface area contributed by atoms with Gasteiger partial charge in [0.05, 0.1) is 13.2 Å². The van der Waals surface area contributed by atoms with E-state index >= 15 is 0 Å². The highest BCUT2D eigenvalue weighted by atomic mass is 16.5. The molecule has 0 radical (unpaired) electrons. The largest absolute Gasteiger partial charge is 0.484 e. The second kappa shape index (κ2) is 3.84. The maximum atomic E-state index is 5.72. The normalized spacial score (nSPS) is 21.1. The minimum atomic E-state index is 0.127. The lowest BCUT2D eigenvalue weighted by Crippen LogP contribution is -2.16. The fraction of sp³-hybridized carbons (Fsp3) is 0.500. The van der Waals surface area contributed by atoms with Gasteiger partial charge in [-0.05, 0) is 19.1 Å². The van der Waals surface area contributed by atoms with Crippen molar-refractivity contribution in [3.8, 4) is 5.75 Å². The Kier molecular flexibility index (Phi) is 2.54. The molecule has 1 aromatic rings. The van der Waals surface area contributed by atoms with Crippen molar-refractivity contribution in [2.24, 2.45) is 0 Å². The molecule has 1 unspecified atom stereocenters. The summed E-state index contributed by atoms with van der Waals surface area (Å²) in [4.78, 5) is 4.13. The lowest BCUT2D eigenvalue weighted by molar-refractivity contribution is 0.141. The van der Waals surface area contributed by atoms with Gasteiger partial charge >= 0.3 is 0 Å². The molecule has 4 nitrogen and oxygen atoms in total. The van der Waals surface area contributed by atoms with Crippen LogP contribution in [0.25, 0.3) is 0 Å². The monoisotopic (exact) mass is 194 g/mol. The van der Waals surface area contributed by atoms with Crippen molar-refractivity contribution in [2.75, 3.05) is 18.9 Å². The number of rotatable bonds is 2. The summed E-state index contributed by atoms with van der Waals surface area (Å²) in [5.41, 5.74) is 6.62. The predicted molar refractivity (Wildman–Crippen MR) is 53.2 cm³/mol. The summed E-state index contributed by atoms with van der Waals surface area (Å²) in [5.74, 6) is 1.11. The molecule has 0 spiro atoms. The first kappa shape index (κ1) is 9.27. The molecule has 0 aliphatic carbocycles. The number of hydrogen-bond acceptors (Lipinski definition) is 4. The molecule has 2 N–H and O–H groups in total. The van der Waals surface area contributed by atoms with E-state index in [0.29, 0.717) is 18.2 Å². The highest BCUT2D eigenvalue weighted by Crippen LogP contribution is 2.22. The summed E-state index contributed by atoms with van der Waals surface area (Å²) >= 11 is 0. The van der Waals surface area contributed by atoms with Crippen LogP contribution in [0.2, 0.25) is 0 Å². The maximum Gasteiger partial charge on any atom is 0.166 e. The zero-order valence-corrected chi connectivity index (χ0v) is 8.19. The first-order chi connectivity index (χ1) is 6.75. The molecule has 0 bridgehead atoms. The molecule has 0 amide bonds. The Morgan fingerprint density at radius 2 is 2.43 bits per heavy atom. The molecule has 76 valence electrons. The Labute approximate surface area is 83.0 Å². The Morgan fingerprint density at radius 1 is 1.57 bits per heavy atom. The Hall–Kier alpha value is -1.29. The van der Waals surface area contributed by atoms with Gasteiger partial charge in [-0.2, -0.15) is 0 Å². The smallest absolute Gasteiger partial charge is 0.166 e. The summed E-state index contributed by atoms with van der Waals surface area (Å²) in [6.45, 7) is 3.32. The van der Waals surface area contributed by atoms with Crippen LogP contribution in [-0.2, 0) is 4.74 Å². The highest BCUT2D eigenvalue weighted by molar-refractivity contribution is 5.46. The summed E-state index contributed by atoms with van der Waals surface area (Å²) in [7, 11) is 0. The molecule has 2 rings (SSSR count). The van der Waals surface area contributed by atoms with Gasteiger partial charge < -0.3 is 15.2 Å². The van der Waals surface area contributed by atoms with Crippen molar-refractivity contribution in [1.29, 1.82) is 0 Å². The number of anilines is 1. The topological polar surface area (TPSA) is 57.4 Å². The second-order valence-electron chi connectivity index (χ2n) is 3.44. The molecule has 4 heteroatoms. The minimum absolute atomic E-state index is 0.127. The van der Waals surface area contributed by atoms with Gasteiger partial charge in [0, 0.05) is 12.1 Å². The van der Waals surface area contributed by atoms with Gasteiger partial charge in [-0.1, -0.05) is 0 Å². The van der Waals surface area contributed by atoms with Gasteiger partial charge in [0.15, 0.2) is 11.6 Å². The third kappa shape index (κ3) is 1.96. The fourth-order valence-electron chi connectivity index (χ4n) is 1.45. The first-order valence-corrected chi connectivity index (χ1v) is 4.73. The van der Waals surface area contributed by atoms with Crippen molar-refractivity contribution >= 4 is 5.82 Å². The molecule has 14 heavy (non-hydrogen) atoms. The molecule has 1 aromatic heterocycles. The Morgan fingerprint density at radius 3 is 3.07 bits per heavy atom. The second-order valence-corrected chi connectivity index (χ2v) is 3.44. The van der Waals surface area contributed by atoms with Crippen LogP contribution in [0.3, 0.4) is 0 Å². The molecule has 1 fully saturated rings. The Bertz CT molecular complexity index is 322. The maximum absolute atomic E-state index is 5.72. The van der Waals surface area contributed by atoms with Crippen molar-refractivity contribution < 1.29 is 9.47 Å². The van der Waals surface area contributed by atoms with Crippen LogP contribution in [0, 0.1) is 6.92 Å². The van der Waals surface area contributed by atoms with Crippen LogP contribution >= 0.6 is 0 Å². The van der Waals surface area contributed by atoms with Gasteiger partial charge in [0.1, 0.15) is 6.10 Å². The number of hydrogen-bond donors (Lipinski definition) is 1. The third-order valence-electron chi connectivity index (χ3n) is 2.21. The molecule has 0 aromatic carbocycles.